The molecule has 1 amide bonds. The second-order valence-electron chi connectivity index (χ2n) is 9.65. The normalized spacial score (nSPS) is 23.9. The minimum absolute atomic E-state index is 0.0606. The van der Waals surface area contributed by atoms with Crippen LogP contribution in [-0.4, -0.2) is 43.4 Å². The van der Waals surface area contributed by atoms with Crippen molar-refractivity contribution in [2.24, 2.45) is 5.92 Å². The van der Waals surface area contributed by atoms with E-state index in [1.807, 2.05) is 20.0 Å². The third-order valence-electron chi connectivity index (χ3n) is 6.67. The summed E-state index contributed by atoms with van der Waals surface area (Å²) in [5.74, 6) is 0.313. The Morgan fingerprint density at radius 1 is 1.23 bits per heavy atom. The van der Waals surface area contributed by atoms with Crippen molar-refractivity contribution in [2.45, 2.75) is 70.2 Å². The van der Waals surface area contributed by atoms with Crippen LogP contribution in [-0.2, 0) is 4.79 Å². The maximum absolute atomic E-state index is 13.5. The highest BCUT2D eigenvalue weighted by molar-refractivity contribution is 6.05. The van der Waals surface area contributed by atoms with Gasteiger partial charge in [-0.15, -0.1) is 0 Å². The first-order valence-electron chi connectivity index (χ1n) is 12.0. The van der Waals surface area contributed by atoms with Crippen molar-refractivity contribution >= 4 is 23.7 Å². The number of hydrogen-bond acceptors (Lipinski definition) is 6. The number of carbonyl (C=O) groups is 2. The van der Waals surface area contributed by atoms with Crippen molar-refractivity contribution in [3.05, 3.63) is 52.3 Å². The lowest BCUT2D eigenvalue weighted by molar-refractivity contribution is -0.111. The van der Waals surface area contributed by atoms with E-state index < -0.39 is 23.7 Å². The summed E-state index contributed by atoms with van der Waals surface area (Å²) in [7, 11) is 0. The Morgan fingerprint density at radius 3 is 2.63 bits per heavy atom. The first-order chi connectivity index (χ1) is 16.8. The number of rotatable bonds is 7. The number of nitrogens with zero attached hydrogens (tertiary/aromatic N) is 4. The highest BCUT2D eigenvalue weighted by atomic mass is 19.1. The molecule has 3 aromatic heterocycles. The van der Waals surface area contributed by atoms with Crippen molar-refractivity contribution in [3.8, 4) is 5.88 Å². The number of anilines is 1. The highest BCUT2D eigenvalue weighted by Gasteiger charge is 2.40. The zero-order valence-corrected chi connectivity index (χ0v) is 19.7. The molecular formula is C25H28FN5O4. The lowest BCUT2D eigenvalue weighted by Crippen LogP contribution is -2.26. The van der Waals surface area contributed by atoms with Gasteiger partial charge in [0.25, 0.3) is 11.5 Å². The van der Waals surface area contributed by atoms with E-state index in [4.69, 9.17) is 4.74 Å². The monoisotopic (exact) mass is 481 g/mol. The number of carbonyl (C=O) groups excluding carboxylic acids is 2. The number of nitrogens with one attached hydrogen (secondary N) is 1. The Morgan fingerprint density at radius 2 is 1.97 bits per heavy atom. The van der Waals surface area contributed by atoms with Crippen molar-refractivity contribution < 1.29 is 18.7 Å². The SMILES string of the molecule is CC(C)Oc1nc2nc([C@H]3CC[C@H](C=O)CC3)cn2cc1C(=O)Nc1cccn([C@H]2C[C@H]2F)c1=O. The molecule has 1 N–H and O–H groups in total. The van der Waals surface area contributed by atoms with E-state index in [9.17, 15) is 18.8 Å². The van der Waals surface area contributed by atoms with Gasteiger partial charge in [0.1, 0.15) is 23.7 Å². The summed E-state index contributed by atoms with van der Waals surface area (Å²) >= 11 is 0. The number of halogens is 1. The second-order valence-corrected chi connectivity index (χ2v) is 9.65. The van der Waals surface area contributed by atoms with Crippen molar-refractivity contribution in [3.63, 3.8) is 0 Å². The zero-order chi connectivity index (χ0) is 24.7. The van der Waals surface area contributed by atoms with Gasteiger partial charge in [-0.1, -0.05) is 0 Å². The Kier molecular flexibility index (Phi) is 6.12. The molecule has 3 aromatic rings. The summed E-state index contributed by atoms with van der Waals surface area (Å²) in [6.07, 6.45) is 8.44. The topological polar surface area (TPSA) is 108 Å². The highest BCUT2D eigenvalue weighted by Crippen LogP contribution is 2.38. The van der Waals surface area contributed by atoms with Gasteiger partial charge in [-0.3, -0.25) is 14.0 Å². The molecular weight excluding hydrogens is 453 g/mol. The lowest BCUT2D eigenvalue weighted by atomic mass is 9.81. The fourth-order valence-electron chi connectivity index (χ4n) is 4.64. The molecule has 9 nitrogen and oxygen atoms in total. The molecule has 5 rings (SSSR count). The fraction of sp³-hybridized carbons (Fsp3) is 0.480. The molecule has 35 heavy (non-hydrogen) atoms. The van der Waals surface area contributed by atoms with Crippen molar-refractivity contribution in [1.29, 1.82) is 0 Å². The third kappa shape index (κ3) is 4.69. The predicted molar refractivity (Wildman–Crippen MR) is 127 cm³/mol. The van der Waals surface area contributed by atoms with Crippen LogP contribution < -0.4 is 15.6 Å². The number of amides is 1. The second kappa shape index (κ2) is 9.24. The average molecular weight is 482 g/mol. The van der Waals surface area contributed by atoms with Crippen LogP contribution in [0.1, 0.15) is 74.0 Å². The average Bonchev–Trinajstić information content (AvgIpc) is 3.41. The van der Waals surface area contributed by atoms with Gasteiger partial charge in [-0.25, -0.2) is 9.37 Å². The number of alkyl halides is 1. The molecule has 184 valence electrons. The van der Waals surface area contributed by atoms with Crippen molar-refractivity contribution in [1.82, 2.24) is 18.9 Å². The van der Waals surface area contributed by atoms with Crippen LogP contribution in [0.15, 0.2) is 35.5 Å². The molecule has 0 aliphatic heterocycles. The number of pyridine rings is 1. The molecule has 0 radical (unpaired) electrons. The summed E-state index contributed by atoms with van der Waals surface area (Å²) in [5, 5.41) is 2.64. The molecule has 2 atom stereocenters. The molecule has 3 heterocycles. The van der Waals surface area contributed by atoms with Gasteiger partial charge in [0.05, 0.1) is 17.8 Å². The minimum atomic E-state index is -1.04. The Balaban J connectivity index is 1.45. The molecule has 2 aliphatic rings. The predicted octanol–water partition coefficient (Wildman–Crippen LogP) is 3.69. The van der Waals surface area contributed by atoms with Gasteiger partial charge in [0, 0.05) is 36.8 Å². The lowest BCUT2D eigenvalue weighted by Gasteiger charge is -2.23. The molecule has 0 saturated heterocycles. The zero-order valence-electron chi connectivity index (χ0n) is 19.7. The number of fused-ring (bicyclic) bond motifs is 1. The van der Waals surface area contributed by atoms with Gasteiger partial charge in [-0.05, 0) is 51.7 Å². The van der Waals surface area contributed by atoms with Gasteiger partial charge in [0.2, 0.25) is 11.7 Å². The molecule has 2 saturated carbocycles. The molecule has 0 bridgehead atoms. The molecule has 10 heteroatoms. The molecule has 0 spiro atoms. The van der Waals surface area contributed by atoms with Crippen molar-refractivity contribution in [2.75, 3.05) is 5.32 Å². The van der Waals surface area contributed by atoms with E-state index in [1.54, 1.807) is 16.7 Å². The first kappa shape index (κ1) is 23.2. The number of imidazole rings is 1. The van der Waals surface area contributed by atoms with Gasteiger partial charge < -0.3 is 19.4 Å². The third-order valence-corrected chi connectivity index (χ3v) is 6.67. The quantitative estimate of drug-likeness (QED) is 0.516. The van der Waals surface area contributed by atoms with Crippen LogP contribution >= 0.6 is 0 Å². The Bertz CT molecular complexity index is 1330. The Labute approximate surface area is 201 Å². The number of aromatic nitrogens is 4. The first-order valence-corrected chi connectivity index (χ1v) is 12.0. The number of hydrogen-bond donors (Lipinski definition) is 1. The van der Waals surface area contributed by atoms with E-state index in [1.165, 1.54) is 16.8 Å². The van der Waals surface area contributed by atoms with Crippen LogP contribution in [0.4, 0.5) is 10.1 Å². The minimum Gasteiger partial charge on any atom is -0.474 e. The molecule has 0 unspecified atom stereocenters. The molecule has 2 aliphatic carbocycles. The fourth-order valence-corrected chi connectivity index (χ4v) is 4.64. The van der Waals surface area contributed by atoms with Crippen LogP contribution in [0.25, 0.3) is 5.78 Å². The summed E-state index contributed by atoms with van der Waals surface area (Å²) < 4.78 is 22.3. The van der Waals surface area contributed by atoms with Crippen LogP contribution in [0.2, 0.25) is 0 Å². The van der Waals surface area contributed by atoms with E-state index in [0.717, 1.165) is 37.7 Å². The van der Waals surface area contributed by atoms with Crippen LogP contribution in [0.5, 0.6) is 5.88 Å². The Hall–Kier alpha value is -3.56. The molecule has 0 aromatic carbocycles. The molecule has 2 fully saturated rings. The van der Waals surface area contributed by atoms with E-state index in [-0.39, 0.29) is 35.1 Å². The summed E-state index contributed by atoms with van der Waals surface area (Å²) in [4.78, 5) is 46.2. The maximum atomic E-state index is 13.5. The summed E-state index contributed by atoms with van der Waals surface area (Å²) in [6.45, 7) is 3.66. The van der Waals surface area contributed by atoms with Gasteiger partial charge in [-0.2, -0.15) is 4.98 Å². The number of ether oxygens (including phenoxy) is 1. The smallest absolute Gasteiger partial charge is 0.274 e. The van der Waals surface area contributed by atoms with Crippen LogP contribution in [0, 0.1) is 5.92 Å². The van der Waals surface area contributed by atoms with Gasteiger partial charge >= 0.3 is 0 Å². The van der Waals surface area contributed by atoms with E-state index in [0.29, 0.717) is 12.2 Å². The standard InChI is InChI=1S/C25H28FN5O4/c1-14(2)35-23-17(22(33)27-19-4-3-9-31(24(19)34)21-10-18(21)26)11-30-12-20(28-25(30)29-23)16-7-5-15(13-32)6-8-16/h3-4,9,11-16,18,21H,5-8,10H2,1-2H3,(H,27,33)/t15-,16-,18-,21+/m1/s1. The van der Waals surface area contributed by atoms with E-state index in [2.05, 4.69) is 15.3 Å². The van der Waals surface area contributed by atoms with Gasteiger partial charge in [0.15, 0.2) is 0 Å². The van der Waals surface area contributed by atoms with Crippen LogP contribution in [0.3, 0.4) is 0 Å². The maximum Gasteiger partial charge on any atom is 0.274 e. The summed E-state index contributed by atoms with van der Waals surface area (Å²) in [5.41, 5.74) is 0.628. The summed E-state index contributed by atoms with van der Waals surface area (Å²) in [6, 6.07) is 2.62. The number of aldehydes is 1. The van der Waals surface area contributed by atoms with E-state index >= 15 is 0 Å². The largest absolute Gasteiger partial charge is 0.474 e.